The van der Waals surface area contributed by atoms with Crippen LogP contribution in [0.5, 0.6) is 0 Å². The molecule has 0 nitrogen and oxygen atoms in total. The van der Waals surface area contributed by atoms with Gasteiger partial charge in [0.05, 0.1) is 0 Å². The van der Waals surface area contributed by atoms with Gasteiger partial charge in [0.1, 0.15) is 0 Å². The molecule has 0 amide bonds. The first-order valence-electron chi connectivity index (χ1n) is 6.30. The molecule has 0 aliphatic heterocycles. The number of benzene rings is 2. The number of thiophene rings is 1. The Bertz CT molecular complexity index is 644. The standard InChI is InChI=1S/C17H15PS/c1-14-8-5-6-11-16(14)18(17-12-7-13-19-17)15-9-3-2-4-10-15/h2-13H,1H3. The molecule has 19 heavy (non-hydrogen) atoms. The molecule has 2 aromatic carbocycles. The van der Waals surface area contributed by atoms with E-state index in [1.54, 1.807) is 0 Å². The first-order valence-corrected chi connectivity index (χ1v) is 8.53. The molecule has 0 saturated carbocycles. The predicted octanol–water partition coefficient (Wildman–Crippen LogP) is 3.81. The van der Waals surface area contributed by atoms with Gasteiger partial charge in [0.15, 0.2) is 0 Å². The second-order valence-electron chi connectivity index (χ2n) is 4.41. The Balaban J connectivity index is 2.16. The lowest BCUT2D eigenvalue weighted by atomic mass is 10.2. The maximum Gasteiger partial charge on any atom is 0.0368 e. The van der Waals surface area contributed by atoms with E-state index in [1.165, 1.54) is 20.8 Å². The number of hydrogen-bond acceptors (Lipinski definition) is 1. The van der Waals surface area contributed by atoms with Crippen molar-refractivity contribution >= 4 is 34.5 Å². The largest absolute Gasteiger partial charge is 0.143 e. The van der Waals surface area contributed by atoms with Crippen molar-refractivity contribution < 1.29 is 0 Å². The maximum absolute atomic E-state index is 2.27. The monoisotopic (exact) mass is 282 g/mol. The van der Waals surface area contributed by atoms with Crippen LogP contribution in [0.1, 0.15) is 5.56 Å². The minimum Gasteiger partial charge on any atom is -0.143 e. The molecule has 0 bridgehead atoms. The summed E-state index contributed by atoms with van der Waals surface area (Å²) in [7, 11) is -0.411. The summed E-state index contributed by atoms with van der Waals surface area (Å²) in [5.41, 5.74) is 1.38. The van der Waals surface area contributed by atoms with Gasteiger partial charge in [-0.3, -0.25) is 0 Å². The normalized spacial score (nSPS) is 12.3. The maximum atomic E-state index is 2.27. The summed E-state index contributed by atoms with van der Waals surface area (Å²) < 4.78 is 1.47. The molecule has 0 fully saturated rings. The van der Waals surface area contributed by atoms with E-state index in [9.17, 15) is 0 Å². The summed E-state index contributed by atoms with van der Waals surface area (Å²) >= 11 is 1.86. The van der Waals surface area contributed by atoms with Gasteiger partial charge in [0.2, 0.25) is 0 Å². The molecule has 3 rings (SSSR count). The summed E-state index contributed by atoms with van der Waals surface area (Å²) in [5, 5.41) is 5.06. The highest BCUT2D eigenvalue weighted by Gasteiger charge is 2.18. The first kappa shape index (κ1) is 12.6. The molecule has 1 heterocycles. The molecule has 1 aromatic heterocycles. The Morgan fingerprint density at radius 2 is 1.53 bits per heavy atom. The van der Waals surface area contributed by atoms with Gasteiger partial charge in [-0.1, -0.05) is 60.7 Å². The van der Waals surface area contributed by atoms with E-state index in [0.29, 0.717) is 0 Å². The summed E-state index contributed by atoms with van der Waals surface area (Å²) in [6, 6.07) is 24.0. The molecule has 2 heteroatoms. The molecule has 0 aliphatic rings. The van der Waals surface area contributed by atoms with E-state index in [1.807, 2.05) is 11.3 Å². The third-order valence-electron chi connectivity index (χ3n) is 3.10. The average Bonchev–Trinajstić information content (AvgIpc) is 2.96. The molecule has 3 aromatic rings. The van der Waals surface area contributed by atoms with Gasteiger partial charge in [-0.2, -0.15) is 0 Å². The second-order valence-corrected chi connectivity index (χ2v) is 7.81. The van der Waals surface area contributed by atoms with E-state index in [0.717, 1.165) is 0 Å². The summed E-state index contributed by atoms with van der Waals surface area (Å²) in [6.07, 6.45) is 0. The summed E-state index contributed by atoms with van der Waals surface area (Å²) in [4.78, 5) is 0. The highest BCUT2D eigenvalue weighted by atomic mass is 32.1. The van der Waals surface area contributed by atoms with Crippen LogP contribution in [0.3, 0.4) is 0 Å². The lowest BCUT2D eigenvalue weighted by molar-refractivity contribution is 1.52. The molecule has 94 valence electrons. The average molecular weight is 282 g/mol. The van der Waals surface area contributed by atoms with E-state index >= 15 is 0 Å². The van der Waals surface area contributed by atoms with Crippen LogP contribution in [0.25, 0.3) is 0 Å². The Kier molecular flexibility index (Phi) is 3.77. The van der Waals surface area contributed by atoms with Crippen molar-refractivity contribution in [1.82, 2.24) is 0 Å². The minimum atomic E-state index is -0.411. The van der Waals surface area contributed by atoms with Crippen LogP contribution >= 0.6 is 19.3 Å². The van der Waals surface area contributed by atoms with E-state index in [-0.39, 0.29) is 0 Å². The highest BCUT2D eigenvalue weighted by molar-refractivity contribution is 7.84. The highest BCUT2D eigenvalue weighted by Crippen LogP contribution is 2.35. The lowest BCUT2D eigenvalue weighted by Crippen LogP contribution is -2.20. The smallest absolute Gasteiger partial charge is 0.0368 e. The predicted molar refractivity (Wildman–Crippen MR) is 87.8 cm³/mol. The van der Waals surface area contributed by atoms with Gasteiger partial charge in [-0.25, -0.2) is 0 Å². The van der Waals surface area contributed by atoms with E-state index < -0.39 is 7.92 Å². The van der Waals surface area contributed by atoms with Gasteiger partial charge in [0.25, 0.3) is 0 Å². The van der Waals surface area contributed by atoms with Crippen molar-refractivity contribution in [2.24, 2.45) is 0 Å². The SMILES string of the molecule is Cc1ccccc1P(c1ccccc1)c1cccs1. The zero-order valence-corrected chi connectivity index (χ0v) is 12.5. The number of hydrogen-bond donors (Lipinski definition) is 0. The fourth-order valence-electron chi connectivity index (χ4n) is 2.17. The molecule has 0 radical (unpaired) electrons. The zero-order valence-electron chi connectivity index (χ0n) is 10.8. The van der Waals surface area contributed by atoms with Gasteiger partial charge >= 0.3 is 0 Å². The fraction of sp³-hybridized carbons (Fsp3) is 0.0588. The third kappa shape index (κ3) is 2.63. The van der Waals surface area contributed by atoms with Gasteiger partial charge in [-0.15, -0.1) is 11.3 Å². The van der Waals surface area contributed by atoms with Crippen LogP contribution in [0.4, 0.5) is 0 Å². The second kappa shape index (κ2) is 5.69. The molecule has 0 N–H and O–H groups in total. The Labute approximate surface area is 119 Å². The van der Waals surface area contributed by atoms with Crippen molar-refractivity contribution in [3.63, 3.8) is 0 Å². The Morgan fingerprint density at radius 3 is 2.21 bits per heavy atom. The van der Waals surface area contributed by atoms with Crippen molar-refractivity contribution in [2.45, 2.75) is 6.92 Å². The van der Waals surface area contributed by atoms with Crippen molar-refractivity contribution in [2.75, 3.05) is 0 Å². The number of aryl methyl sites for hydroxylation is 1. The van der Waals surface area contributed by atoms with E-state index in [2.05, 4.69) is 79.0 Å². The molecule has 1 atom stereocenters. The summed E-state index contributed by atoms with van der Waals surface area (Å²) in [5.74, 6) is 0. The Hall–Kier alpha value is -1.43. The lowest BCUT2D eigenvalue weighted by Gasteiger charge is -2.19. The van der Waals surface area contributed by atoms with E-state index in [4.69, 9.17) is 0 Å². The van der Waals surface area contributed by atoms with Crippen LogP contribution in [-0.4, -0.2) is 0 Å². The fourth-order valence-corrected chi connectivity index (χ4v) is 5.98. The molecule has 0 spiro atoms. The van der Waals surface area contributed by atoms with Crippen LogP contribution in [0, 0.1) is 6.92 Å². The number of rotatable bonds is 3. The summed E-state index contributed by atoms with van der Waals surface area (Å²) in [6.45, 7) is 2.21. The zero-order chi connectivity index (χ0) is 13.1. The molecular weight excluding hydrogens is 267 g/mol. The molecule has 0 aliphatic carbocycles. The van der Waals surface area contributed by atoms with Crippen LogP contribution in [0.15, 0.2) is 72.1 Å². The van der Waals surface area contributed by atoms with Crippen LogP contribution in [-0.2, 0) is 0 Å². The topological polar surface area (TPSA) is 0 Å². The minimum absolute atomic E-state index is 0.411. The van der Waals surface area contributed by atoms with Crippen molar-refractivity contribution in [3.05, 3.63) is 77.7 Å². The Morgan fingerprint density at radius 1 is 0.789 bits per heavy atom. The van der Waals surface area contributed by atoms with Gasteiger partial charge < -0.3 is 0 Å². The quantitative estimate of drug-likeness (QED) is 0.641. The van der Waals surface area contributed by atoms with Crippen LogP contribution in [0.2, 0.25) is 0 Å². The van der Waals surface area contributed by atoms with Gasteiger partial charge in [0, 0.05) is 4.62 Å². The molecule has 0 saturated heterocycles. The van der Waals surface area contributed by atoms with Gasteiger partial charge in [-0.05, 0) is 42.5 Å². The first-order chi connectivity index (χ1) is 9.36. The van der Waals surface area contributed by atoms with Crippen molar-refractivity contribution in [3.8, 4) is 0 Å². The molecular formula is C17H15PS. The third-order valence-corrected chi connectivity index (χ3v) is 7.02. The molecule has 1 unspecified atom stereocenters. The van der Waals surface area contributed by atoms with Crippen molar-refractivity contribution in [1.29, 1.82) is 0 Å². The van der Waals surface area contributed by atoms with Crippen LogP contribution < -0.4 is 15.2 Å².